The molecule has 0 radical (unpaired) electrons. The number of nitrogens with one attached hydrogen (secondary N) is 1. The molecule has 1 aliphatic carbocycles. The molecule has 0 saturated heterocycles. The molecule has 1 saturated carbocycles. The lowest BCUT2D eigenvalue weighted by Crippen LogP contribution is -2.18. The molecule has 0 aromatic carbocycles. The van der Waals surface area contributed by atoms with Crippen LogP contribution in [0.1, 0.15) is 19.8 Å². The predicted molar refractivity (Wildman–Crippen MR) is 54.5 cm³/mol. The van der Waals surface area contributed by atoms with E-state index < -0.39 is 0 Å². The lowest BCUT2D eigenvalue weighted by atomic mass is 10.2. The number of hydrogen-bond donors (Lipinski definition) is 2. The first-order valence-electron chi connectivity index (χ1n) is 4.74. The Morgan fingerprint density at radius 2 is 2.38 bits per heavy atom. The van der Waals surface area contributed by atoms with Gasteiger partial charge in [-0.25, -0.2) is 4.98 Å². The maximum absolute atomic E-state index is 5.65. The molecule has 0 spiro atoms. The Bertz CT molecular complexity index is 294. The molecule has 70 valence electrons. The summed E-state index contributed by atoms with van der Waals surface area (Å²) in [5.74, 6) is 1.72. The van der Waals surface area contributed by atoms with Crippen LogP contribution in [-0.2, 0) is 0 Å². The van der Waals surface area contributed by atoms with Gasteiger partial charge in [-0.3, -0.25) is 0 Å². The minimum absolute atomic E-state index is 0.523. The minimum atomic E-state index is 0.523. The molecule has 1 atom stereocenters. The van der Waals surface area contributed by atoms with Crippen LogP contribution < -0.4 is 11.1 Å². The van der Waals surface area contributed by atoms with Crippen LogP contribution in [0, 0.1) is 5.92 Å². The van der Waals surface area contributed by atoms with Crippen molar-refractivity contribution in [1.82, 2.24) is 4.98 Å². The number of nitrogens with zero attached hydrogens (tertiary/aromatic N) is 1. The van der Waals surface area contributed by atoms with E-state index in [1.807, 2.05) is 6.07 Å². The number of nitrogen functional groups attached to an aromatic ring is 1. The van der Waals surface area contributed by atoms with Crippen LogP contribution >= 0.6 is 0 Å². The molecule has 0 aliphatic heterocycles. The van der Waals surface area contributed by atoms with E-state index in [4.69, 9.17) is 5.73 Å². The quantitative estimate of drug-likeness (QED) is 0.741. The second-order valence-corrected chi connectivity index (χ2v) is 3.74. The van der Waals surface area contributed by atoms with E-state index in [-0.39, 0.29) is 0 Å². The molecule has 1 fully saturated rings. The van der Waals surface area contributed by atoms with Gasteiger partial charge in [-0.05, 0) is 31.7 Å². The molecule has 1 unspecified atom stereocenters. The first-order valence-corrected chi connectivity index (χ1v) is 4.74. The van der Waals surface area contributed by atoms with Gasteiger partial charge in [0.25, 0.3) is 0 Å². The van der Waals surface area contributed by atoms with Crippen LogP contribution in [-0.4, -0.2) is 11.0 Å². The molecule has 0 amide bonds. The molecule has 1 heterocycles. The lowest BCUT2D eigenvalue weighted by Gasteiger charge is -2.13. The normalized spacial score (nSPS) is 18.2. The standard InChI is InChI=1S/C10H15N3/c1-7(8-2-3-8)13-10-6-9(11)4-5-12-10/h4-8H,2-3H2,1H3,(H3,11,12,13). The molecule has 3 heteroatoms. The fourth-order valence-electron chi connectivity index (χ4n) is 1.47. The van der Waals surface area contributed by atoms with Gasteiger partial charge in [0, 0.05) is 24.0 Å². The number of rotatable bonds is 3. The van der Waals surface area contributed by atoms with Gasteiger partial charge in [0.2, 0.25) is 0 Å². The van der Waals surface area contributed by atoms with Gasteiger partial charge in [-0.15, -0.1) is 0 Å². The fourth-order valence-corrected chi connectivity index (χ4v) is 1.47. The van der Waals surface area contributed by atoms with Crippen molar-refractivity contribution in [1.29, 1.82) is 0 Å². The Kier molecular flexibility index (Phi) is 2.08. The summed E-state index contributed by atoms with van der Waals surface area (Å²) in [7, 11) is 0. The van der Waals surface area contributed by atoms with Crippen LogP contribution in [0.15, 0.2) is 18.3 Å². The molecular weight excluding hydrogens is 162 g/mol. The van der Waals surface area contributed by atoms with Crippen molar-refractivity contribution in [3.63, 3.8) is 0 Å². The first kappa shape index (κ1) is 8.35. The van der Waals surface area contributed by atoms with Crippen molar-refractivity contribution >= 4 is 11.5 Å². The topological polar surface area (TPSA) is 50.9 Å². The van der Waals surface area contributed by atoms with E-state index in [0.717, 1.165) is 17.4 Å². The summed E-state index contributed by atoms with van der Waals surface area (Å²) in [6, 6.07) is 4.19. The molecule has 1 aromatic heterocycles. The van der Waals surface area contributed by atoms with Crippen LogP contribution in [0.25, 0.3) is 0 Å². The number of aromatic nitrogens is 1. The Morgan fingerprint density at radius 3 is 3.00 bits per heavy atom. The molecule has 3 N–H and O–H groups in total. The summed E-state index contributed by atoms with van der Waals surface area (Å²) in [6.45, 7) is 2.20. The second-order valence-electron chi connectivity index (χ2n) is 3.74. The molecule has 3 nitrogen and oxygen atoms in total. The minimum Gasteiger partial charge on any atom is -0.399 e. The van der Waals surface area contributed by atoms with Crippen LogP contribution in [0.2, 0.25) is 0 Å². The Morgan fingerprint density at radius 1 is 1.62 bits per heavy atom. The third kappa shape index (κ3) is 2.11. The van der Waals surface area contributed by atoms with E-state index in [0.29, 0.717) is 6.04 Å². The zero-order valence-corrected chi connectivity index (χ0v) is 7.83. The predicted octanol–water partition coefficient (Wildman–Crippen LogP) is 1.87. The summed E-state index contributed by atoms with van der Waals surface area (Å²) in [4.78, 5) is 4.20. The summed E-state index contributed by atoms with van der Waals surface area (Å²) >= 11 is 0. The SMILES string of the molecule is CC(Nc1cc(N)ccn1)C1CC1. The first-order chi connectivity index (χ1) is 6.25. The summed E-state index contributed by atoms with van der Waals surface area (Å²) < 4.78 is 0. The van der Waals surface area contributed by atoms with Gasteiger partial charge >= 0.3 is 0 Å². The zero-order valence-electron chi connectivity index (χ0n) is 7.83. The molecule has 1 aliphatic rings. The van der Waals surface area contributed by atoms with Gasteiger partial charge in [-0.2, -0.15) is 0 Å². The van der Waals surface area contributed by atoms with Crippen molar-refractivity contribution in [2.45, 2.75) is 25.8 Å². The van der Waals surface area contributed by atoms with Crippen molar-refractivity contribution in [2.24, 2.45) is 5.92 Å². The molecular formula is C10H15N3. The van der Waals surface area contributed by atoms with Gasteiger partial charge in [0.15, 0.2) is 0 Å². The van der Waals surface area contributed by atoms with Crippen molar-refractivity contribution in [3.8, 4) is 0 Å². The molecule has 1 aromatic rings. The van der Waals surface area contributed by atoms with E-state index in [2.05, 4.69) is 17.2 Å². The van der Waals surface area contributed by atoms with Crippen molar-refractivity contribution in [3.05, 3.63) is 18.3 Å². The van der Waals surface area contributed by atoms with Crippen LogP contribution in [0.5, 0.6) is 0 Å². The third-order valence-corrected chi connectivity index (χ3v) is 2.49. The molecule has 13 heavy (non-hydrogen) atoms. The van der Waals surface area contributed by atoms with Crippen LogP contribution in [0.3, 0.4) is 0 Å². The van der Waals surface area contributed by atoms with E-state index in [1.165, 1.54) is 12.8 Å². The average molecular weight is 177 g/mol. The Labute approximate surface area is 78.4 Å². The number of hydrogen-bond acceptors (Lipinski definition) is 3. The highest BCUT2D eigenvalue weighted by atomic mass is 15.0. The smallest absolute Gasteiger partial charge is 0.128 e. The zero-order chi connectivity index (χ0) is 9.26. The second kappa shape index (κ2) is 3.24. The highest BCUT2D eigenvalue weighted by Crippen LogP contribution is 2.33. The van der Waals surface area contributed by atoms with E-state index >= 15 is 0 Å². The van der Waals surface area contributed by atoms with Gasteiger partial charge in [-0.1, -0.05) is 0 Å². The average Bonchev–Trinajstić information content (AvgIpc) is 2.85. The van der Waals surface area contributed by atoms with E-state index in [9.17, 15) is 0 Å². The summed E-state index contributed by atoms with van der Waals surface area (Å²) in [5, 5.41) is 3.35. The van der Waals surface area contributed by atoms with Gasteiger partial charge in [0.05, 0.1) is 0 Å². The largest absolute Gasteiger partial charge is 0.399 e. The fraction of sp³-hybridized carbons (Fsp3) is 0.500. The number of pyridine rings is 1. The summed E-state index contributed by atoms with van der Waals surface area (Å²) in [6.07, 6.45) is 4.42. The Hall–Kier alpha value is -1.25. The van der Waals surface area contributed by atoms with E-state index in [1.54, 1.807) is 12.3 Å². The van der Waals surface area contributed by atoms with Gasteiger partial charge in [0.1, 0.15) is 5.82 Å². The number of nitrogens with two attached hydrogens (primary N) is 1. The highest BCUT2D eigenvalue weighted by molar-refractivity contribution is 5.48. The van der Waals surface area contributed by atoms with Gasteiger partial charge < -0.3 is 11.1 Å². The van der Waals surface area contributed by atoms with Crippen molar-refractivity contribution < 1.29 is 0 Å². The maximum Gasteiger partial charge on any atom is 0.128 e. The Balaban J connectivity index is 2.00. The van der Waals surface area contributed by atoms with Crippen LogP contribution in [0.4, 0.5) is 11.5 Å². The van der Waals surface area contributed by atoms with Crippen molar-refractivity contribution in [2.75, 3.05) is 11.1 Å². The maximum atomic E-state index is 5.65. The lowest BCUT2D eigenvalue weighted by molar-refractivity contribution is 0.691. The third-order valence-electron chi connectivity index (χ3n) is 2.49. The molecule has 0 bridgehead atoms. The highest BCUT2D eigenvalue weighted by Gasteiger charge is 2.27. The molecule has 2 rings (SSSR count). The number of anilines is 2. The monoisotopic (exact) mass is 177 g/mol. The summed E-state index contributed by atoms with van der Waals surface area (Å²) in [5.41, 5.74) is 6.41.